The van der Waals surface area contributed by atoms with Gasteiger partial charge in [-0.3, -0.25) is 4.79 Å². The Morgan fingerprint density at radius 2 is 2.50 bits per heavy atom. The molecule has 1 amide bonds. The zero-order valence-corrected chi connectivity index (χ0v) is 5.14. The Bertz CT molecular complexity index is 55.5. The Morgan fingerprint density at radius 1 is 2.00 bits per heavy atom. The third-order valence-electron chi connectivity index (χ3n) is 0.197. The SMILES string of the molecule is NC(=O)COI. The highest BCUT2D eigenvalue weighted by atomic mass is 127. The molecule has 0 aromatic heterocycles. The van der Waals surface area contributed by atoms with Gasteiger partial charge in [-0.25, -0.2) is 0 Å². The maximum atomic E-state index is 9.69. The van der Waals surface area contributed by atoms with E-state index in [4.69, 9.17) is 0 Å². The van der Waals surface area contributed by atoms with Crippen LogP contribution in [0.4, 0.5) is 0 Å². The Labute approximate surface area is 49.5 Å². The van der Waals surface area contributed by atoms with Gasteiger partial charge in [0.25, 0.3) is 0 Å². The van der Waals surface area contributed by atoms with Crippen molar-refractivity contribution < 1.29 is 7.86 Å². The van der Waals surface area contributed by atoms with E-state index in [1.165, 1.54) is 0 Å². The van der Waals surface area contributed by atoms with E-state index >= 15 is 0 Å². The molecule has 0 aliphatic heterocycles. The number of carbonyl (C=O) groups is 1. The number of amides is 1. The van der Waals surface area contributed by atoms with E-state index in [0.717, 1.165) is 0 Å². The summed E-state index contributed by atoms with van der Waals surface area (Å²) in [6.07, 6.45) is 0. The number of rotatable bonds is 2. The Morgan fingerprint density at radius 3 is 2.50 bits per heavy atom. The Kier molecular flexibility index (Phi) is 3.44. The van der Waals surface area contributed by atoms with Crippen LogP contribution in [0.5, 0.6) is 0 Å². The first-order valence-electron chi connectivity index (χ1n) is 1.29. The molecule has 0 atom stereocenters. The maximum absolute atomic E-state index is 9.69. The lowest BCUT2D eigenvalue weighted by atomic mass is 10.7. The molecular weight excluding hydrogens is 197 g/mol. The van der Waals surface area contributed by atoms with Crippen molar-refractivity contribution in [3.05, 3.63) is 0 Å². The summed E-state index contributed by atoms with van der Waals surface area (Å²) in [7, 11) is 0. The van der Waals surface area contributed by atoms with Gasteiger partial charge < -0.3 is 8.80 Å². The molecule has 0 rings (SSSR count). The third kappa shape index (κ3) is 4.16. The number of hydrogen-bond donors (Lipinski definition) is 1. The van der Waals surface area contributed by atoms with Crippen LogP contribution in [0, 0.1) is 0 Å². The lowest BCUT2D eigenvalue weighted by Gasteiger charge is -1.82. The summed E-state index contributed by atoms with van der Waals surface area (Å²) in [6, 6.07) is 0. The van der Waals surface area contributed by atoms with E-state index < -0.39 is 5.91 Å². The minimum atomic E-state index is -0.440. The lowest BCUT2D eigenvalue weighted by molar-refractivity contribution is -0.119. The highest BCUT2D eigenvalue weighted by Crippen LogP contribution is 1.80. The van der Waals surface area contributed by atoms with Gasteiger partial charge in [-0.05, 0) is 0 Å². The summed E-state index contributed by atoms with van der Waals surface area (Å²) in [5.41, 5.74) is 4.63. The van der Waals surface area contributed by atoms with Crippen molar-refractivity contribution in [1.82, 2.24) is 0 Å². The first-order chi connectivity index (χ1) is 2.77. The van der Waals surface area contributed by atoms with Gasteiger partial charge in [0.2, 0.25) is 5.91 Å². The summed E-state index contributed by atoms with van der Waals surface area (Å²) in [4.78, 5) is 9.69. The lowest BCUT2D eigenvalue weighted by Crippen LogP contribution is -2.15. The average Bonchev–Trinajstić information content (AvgIpc) is 1.35. The van der Waals surface area contributed by atoms with Crippen molar-refractivity contribution in [1.29, 1.82) is 0 Å². The van der Waals surface area contributed by atoms with E-state index in [0.29, 0.717) is 0 Å². The van der Waals surface area contributed by atoms with Crippen molar-refractivity contribution in [2.75, 3.05) is 6.61 Å². The normalized spacial score (nSPS) is 8.17. The fourth-order valence-electron chi connectivity index (χ4n) is 0.0538. The van der Waals surface area contributed by atoms with Crippen LogP contribution in [0.3, 0.4) is 0 Å². The van der Waals surface area contributed by atoms with Gasteiger partial charge in [-0.15, -0.1) is 0 Å². The van der Waals surface area contributed by atoms with Crippen molar-refractivity contribution in [3.63, 3.8) is 0 Å². The Balaban J connectivity index is 2.83. The molecule has 0 heterocycles. The van der Waals surface area contributed by atoms with E-state index in [-0.39, 0.29) is 6.61 Å². The average molecular weight is 201 g/mol. The first kappa shape index (κ1) is 6.16. The van der Waals surface area contributed by atoms with Gasteiger partial charge in [-0.1, -0.05) is 0 Å². The number of primary amides is 1. The zero-order chi connectivity index (χ0) is 4.99. The summed E-state index contributed by atoms with van der Waals surface area (Å²) in [5, 5.41) is 0. The maximum Gasteiger partial charge on any atom is 0.244 e. The topological polar surface area (TPSA) is 52.3 Å². The fraction of sp³-hybridized carbons (Fsp3) is 0.500. The van der Waals surface area contributed by atoms with Crippen molar-refractivity contribution >= 4 is 28.9 Å². The highest BCUT2D eigenvalue weighted by Gasteiger charge is 1.85. The minimum Gasteiger partial charge on any atom is -0.368 e. The molecule has 0 saturated carbocycles. The van der Waals surface area contributed by atoms with Gasteiger partial charge in [-0.2, -0.15) is 0 Å². The van der Waals surface area contributed by atoms with Gasteiger partial charge in [0.1, 0.15) is 29.6 Å². The van der Waals surface area contributed by atoms with E-state index in [1.807, 2.05) is 0 Å². The van der Waals surface area contributed by atoms with E-state index in [1.54, 1.807) is 23.0 Å². The molecule has 0 fully saturated rings. The molecule has 0 aliphatic carbocycles. The number of hydrogen-bond acceptors (Lipinski definition) is 2. The van der Waals surface area contributed by atoms with Crippen molar-refractivity contribution in [3.8, 4) is 0 Å². The summed E-state index contributed by atoms with van der Waals surface area (Å²) < 4.78 is 4.30. The quantitative estimate of drug-likeness (QED) is 0.631. The number of carbonyl (C=O) groups excluding carboxylic acids is 1. The predicted molar refractivity (Wildman–Crippen MR) is 29.2 cm³/mol. The molecule has 0 aliphatic rings. The van der Waals surface area contributed by atoms with Crippen LogP contribution in [0.25, 0.3) is 0 Å². The first-order valence-corrected chi connectivity index (χ1v) is 2.17. The molecular formula is C2H4INO2. The van der Waals surface area contributed by atoms with Crippen LogP contribution < -0.4 is 5.73 Å². The van der Waals surface area contributed by atoms with Crippen molar-refractivity contribution in [2.24, 2.45) is 5.73 Å². The largest absolute Gasteiger partial charge is 0.368 e. The summed E-state index contributed by atoms with van der Waals surface area (Å²) in [5.74, 6) is -0.440. The van der Waals surface area contributed by atoms with Crippen LogP contribution >= 0.6 is 23.0 Å². The van der Waals surface area contributed by atoms with Gasteiger partial charge in [0, 0.05) is 0 Å². The van der Waals surface area contributed by atoms with Crippen LogP contribution in [-0.4, -0.2) is 12.5 Å². The fourth-order valence-corrected chi connectivity index (χ4v) is 0.361. The number of nitrogens with two attached hydrogens (primary N) is 1. The molecule has 0 aromatic rings. The van der Waals surface area contributed by atoms with Crippen LogP contribution in [0.15, 0.2) is 0 Å². The van der Waals surface area contributed by atoms with Gasteiger partial charge >= 0.3 is 0 Å². The standard InChI is InChI=1S/C2H4INO2/c3-6-1-2(4)5/h1H2,(H2,4,5). The highest BCUT2D eigenvalue weighted by molar-refractivity contribution is 14.1. The second-order valence-electron chi connectivity index (χ2n) is 0.720. The second-order valence-corrected chi connectivity index (χ2v) is 1.34. The van der Waals surface area contributed by atoms with Crippen molar-refractivity contribution in [2.45, 2.75) is 0 Å². The minimum absolute atomic E-state index is 0.000556. The molecule has 0 aromatic carbocycles. The second kappa shape index (κ2) is 3.35. The molecule has 6 heavy (non-hydrogen) atoms. The third-order valence-corrected chi connectivity index (χ3v) is 0.508. The molecule has 0 spiro atoms. The van der Waals surface area contributed by atoms with Crippen LogP contribution in [0.2, 0.25) is 0 Å². The van der Waals surface area contributed by atoms with Gasteiger partial charge in [0.15, 0.2) is 0 Å². The Hall–Kier alpha value is 0.160. The smallest absolute Gasteiger partial charge is 0.244 e. The van der Waals surface area contributed by atoms with E-state index in [2.05, 4.69) is 8.80 Å². The molecule has 0 bridgehead atoms. The van der Waals surface area contributed by atoms with Crippen LogP contribution in [0.1, 0.15) is 0 Å². The monoisotopic (exact) mass is 201 g/mol. The molecule has 3 nitrogen and oxygen atoms in total. The molecule has 2 N–H and O–H groups in total. The summed E-state index contributed by atoms with van der Waals surface area (Å²) in [6.45, 7) is 0.000556. The molecule has 0 saturated heterocycles. The van der Waals surface area contributed by atoms with Crippen LogP contribution in [-0.2, 0) is 7.86 Å². The van der Waals surface area contributed by atoms with E-state index in [9.17, 15) is 4.79 Å². The molecule has 36 valence electrons. The number of halogens is 1. The molecule has 0 unspecified atom stereocenters. The molecule has 0 radical (unpaired) electrons. The van der Waals surface area contributed by atoms with Gasteiger partial charge in [0.05, 0.1) is 0 Å². The zero-order valence-electron chi connectivity index (χ0n) is 2.98. The molecule has 4 heteroatoms. The summed E-state index contributed by atoms with van der Waals surface area (Å²) >= 11 is 1.60. The predicted octanol–water partition coefficient (Wildman–Crippen LogP) is -0.162.